The van der Waals surface area contributed by atoms with Crippen LogP contribution in [0, 0.1) is 11.8 Å². The number of hydrogen-bond acceptors (Lipinski definition) is 2. The average Bonchev–Trinajstić information content (AvgIpc) is 2.42. The molecular weight excluding hydrogens is 252 g/mol. The van der Waals surface area contributed by atoms with Gasteiger partial charge in [0.2, 0.25) is 11.8 Å². The lowest BCUT2D eigenvalue weighted by Gasteiger charge is -2.47. The van der Waals surface area contributed by atoms with Crippen LogP contribution in [0.5, 0.6) is 0 Å². The second-order valence-electron chi connectivity index (χ2n) is 7.14. The molecule has 4 heteroatoms. The van der Waals surface area contributed by atoms with E-state index < -0.39 is 0 Å². The molecule has 112 valence electrons. The van der Waals surface area contributed by atoms with E-state index in [2.05, 4.69) is 13.8 Å². The predicted octanol–water partition coefficient (Wildman–Crippen LogP) is 2.03. The van der Waals surface area contributed by atoms with Crippen molar-refractivity contribution in [1.82, 2.24) is 9.80 Å². The summed E-state index contributed by atoms with van der Waals surface area (Å²) in [6.07, 6.45) is 6.37. The molecule has 3 atom stereocenters. The molecule has 2 aliphatic heterocycles. The predicted molar refractivity (Wildman–Crippen MR) is 77.0 cm³/mol. The first kappa shape index (κ1) is 13.9. The Hall–Kier alpha value is -1.06. The number of nitrogens with zero attached hydrogens (tertiary/aromatic N) is 2. The molecule has 0 spiro atoms. The Morgan fingerprint density at radius 3 is 2.35 bits per heavy atom. The van der Waals surface area contributed by atoms with Crippen LogP contribution in [0.1, 0.15) is 52.4 Å². The van der Waals surface area contributed by atoms with Crippen LogP contribution < -0.4 is 0 Å². The lowest BCUT2D eigenvalue weighted by Crippen LogP contribution is -2.63. The minimum atomic E-state index is -0.155. The number of fused-ring (bicyclic) bond motifs is 1. The number of hydrogen-bond donors (Lipinski definition) is 0. The first-order chi connectivity index (χ1) is 9.56. The summed E-state index contributed by atoms with van der Waals surface area (Å²) in [5.41, 5.74) is 0. The highest BCUT2D eigenvalue weighted by Crippen LogP contribution is 2.34. The van der Waals surface area contributed by atoms with Gasteiger partial charge in [-0.2, -0.15) is 0 Å². The molecule has 2 heterocycles. The molecule has 1 aliphatic carbocycles. The number of rotatable bonds is 1. The van der Waals surface area contributed by atoms with E-state index in [0.29, 0.717) is 18.4 Å². The van der Waals surface area contributed by atoms with Crippen molar-refractivity contribution < 1.29 is 9.59 Å². The minimum absolute atomic E-state index is 0.155. The molecule has 3 unspecified atom stereocenters. The van der Waals surface area contributed by atoms with Crippen LogP contribution in [0.2, 0.25) is 0 Å². The van der Waals surface area contributed by atoms with Gasteiger partial charge in [0.15, 0.2) is 0 Å². The van der Waals surface area contributed by atoms with Crippen LogP contribution in [0.3, 0.4) is 0 Å². The zero-order valence-corrected chi connectivity index (χ0v) is 12.7. The van der Waals surface area contributed by atoms with E-state index >= 15 is 0 Å². The third-order valence-corrected chi connectivity index (χ3v) is 5.29. The maximum Gasteiger partial charge on any atom is 0.246 e. The molecule has 0 aromatic heterocycles. The summed E-state index contributed by atoms with van der Waals surface area (Å²) >= 11 is 0. The highest BCUT2D eigenvalue weighted by Gasteiger charge is 2.43. The van der Waals surface area contributed by atoms with E-state index in [1.165, 1.54) is 6.42 Å². The van der Waals surface area contributed by atoms with E-state index in [1.807, 2.05) is 9.80 Å². The number of piperazine rings is 1. The Bertz CT molecular complexity index is 399. The van der Waals surface area contributed by atoms with E-state index in [0.717, 1.165) is 38.6 Å². The fourth-order valence-corrected chi connectivity index (χ4v) is 4.46. The van der Waals surface area contributed by atoms with Gasteiger partial charge >= 0.3 is 0 Å². The fraction of sp³-hybridized carbons (Fsp3) is 0.875. The van der Waals surface area contributed by atoms with Crippen LogP contribution in [-0.4, -0.2) is 46.8 Å². The quantitative estimate of drug-likeness (QED) is 0.736. The zero-order valence-electron chi connectivity index (χ0n) is 12.7. The summed E-state index contributed by atoms with van der Waals surface area (Å²) in [6, 6.07) is 0.131. The van der Waals surface area contributed by atoms with Crippen molar-refractivity contribution in [3.63, 3.8) is 0 Å². The molecule has 3 fully saturated rings. The Labute approximate surface area is 121 Å². The van der Waals surface area contributed by atoms with Crippen molar-refractivity contribution in [2.45, 2.75) is 64.5 Å². The van der Waals surface area contributed by atoms with Crippen molar-refractivity contribution in [3.8, 4) is 0 Å². The number of piperidine rings is 1. The largest absolute Gasteiger partial charge is 0.329 e. The maximum atomic E-state index is 12.7. The van der Waals surface area contributed by atoms with E-state index in [-0.39, 0.29) is 23.9 Å². The highest BCUT2D eigenvalue weighted by atomic mass is 16.2. The molecule has 4 nitrogen and oxygen atoms in total. The van der Waals surface area contributed by atoms with E-state index in [1.54, 1.807) is 0 Å². The zero-order chi connectivity index (χ0) is 14.3. The molecule has 0 bridgehead atoms. The Morgan fingerprint density at radius 1 is 0.950 bits per heavy atom. The van der Waals surface area contributed by atoms with Crippen LogP contribution in [0.25, 0.3) is 0 Å². The lowest BCUT2D eigenvalue weighted by atomic mass is 9.79. The van der Waals surface area contributed by atoms with Crippen LogP contribution >= 0.6 is 0 Å². The summed E-state index contributed by atoms with van der Waals surface area (Å²) in [5.74, 6) is 1.71. The molecule has 0 aromatic carbocycles. The average molecular weight is 278 g/mol. The Morgan fingerprint density at radius 2 is 1.65 bits per heavy atom. The van der Waals surface area contributed by atoms with Crippen molar-refractivity contribution in [2.24, 2.45) is 11.8 Å². The van der Waals surface area contributed by atoms with Gasteiger partial charge in [-0.25, -0.2) is 0 Å². The third kappa shape index (κ3) is 2.45. The SMILES string of the molecule is CC1CC(C)CC(N2CC(=O)N3CCCCC3C2=O)C1. The first-order valence-electron chi connectivity index (χ1n) is 8.16. The summed E-state index contributed by atoms with van der Waals surface area (Å²) in [5, 5.41) is 0. The summed E-state index contributed by atoms with van der Waals surface area (Å²) in [6.45, 7) is 5.64. The van der Waals surface area contributed by atoms with Gasteiger partial charge in [-0.05, 0) is 50.4 Å². The smallest absolute Gasteiger partial charge is 0.246 e. The van der Waals surface area contributed by atoms with Gasteiger partial charge in [-0.3, -0.25) is 9.59 Å². The van der Waals surface area contributed by atoms with Crippen LogP contribution in [0.15, 0.2) is 0 Å². The van der Waals surface area contributed by atoms with Gasteiger partial charge < -0.3 is 9.80 Å². The molecule has 1 saturated carbocycles. The van der Waals surface area contributed by atoms with Crippen molar-refractivity contribution in [1.29, 1.82) is 0 Å². The standard InChI is InChI=1S/C16H26N2O2/c1-11-7-12(2)9-13(8-11)18-10-15(19)17-6-4-3-5-14(17)16(18)20/h11-14H,3-10H2,1-2H3. The topological polar surface area (TPSA) is 40.6 Å². The number of carbonyl (C=O) groups excluding carboxylic acids is 2. The van der Waals surface area contributed by atoms with Crippen LogP contribution in [0.4, 0.5) is 0 Å². The van der Waals surface area contributed by atoms with E-state index in [4.69, 9.17) is 0 Å². The van der Waals surface area contributed by atoms with Crippen molar-refractivity contribution in [3.05, 3.63) is 0 Å². The van der Waals surface area contributed by atoms with Crippen molar-refractivity contribution >= 4 is 11.8 Å². The monoisotopic (exact) mass is 278 g/mol. The molecule has 0 N–H and O–H groups in total. The van der Waals surface area contributed by atoms with Gasteiger partial charge in [0, 0.05) is 12.6 Å². The molecule has 3 rings (SSSR count). The molecule has 0 radical (unpaired) electrons. The second kappa shape index (κ2) is 5.38. The normalized spacial score (nSPS) is 38.9. The Kier molecular flexibility index (Phi) is 3.74. The lowest BCUT2D eigenvalue weighted by molar-refractivity contribution is -0.161. The first-order valence-corrected chi connectivity index (χ1v) is 8.16. The summed E-state index contributed by atoms with van der Waals surface area (Å²) in [7, 11) is 0. The van der Waals surface area contributed by atoms with Crippen LogP contribution in [-0.2, 0) is 9.59 Å². The maximum absolute atomic E-state index is 12.7. The van der Waals surface area contributed by atoms with Gasteiger partial charge in [0.1, 0.15) is 12.6 Å². The van der Waals surface area contributed by atoms with Gasteiger partial charge in [-0.1, -0.05) is 13.8 Å². The molecule has 3 aliphatic rings. The molecule has 20 heavy (non-hydrogen) atoms. The minimum Gasteiger partial charge on any atom is -0.329 e. The molecule has 0 aromatic rings. The highest BCUT2D eigenvalue weighted by molar-refractivity contribution is 5.95. The fourth-order valence-electron chi connectivity index (χ4n) is 4.46. The number of amides is 2. The summed E-state index contributed by atoms with van der Waals surface area (Å²) in [4.78, 5) is 28.8. The molecular formula is C16H26N2O2. The van der Waals surface area contributed by atoms with Gasteiger partial charge in [-0.15, -0.1) is 0 Å². The van der Waals surface area contributed by atoms with Gasteiger partial charge in [0.05, 0.1) is 0 Å². The van der Waals surface area contributed by atoms with Gasteiger partial charge in [0.25, 0.3) is 0 Å². The second-order valence-corrected chi connectivity index (χ2v) is 7.14. The molecule has 2 saturated heterocycles. The summed E-state index contributed by atoms with van der Waals surface area (Å²) < 4.78 is 0. The Balaban J connectivity index is 1.76. The number of carbonyl (C=O) groups is 2. The molecule has 2 amide bonds. The van der Waals surface area contributed by atoms with E-state index in [9.17, 15) is 9.59 Å². The van der Waals surface area contributed by atoms with Crippen molar-refractivity contribution in [2.75, 3.05) is 13.1 Å². The third-order valence-electron chi connectivity index (χ3n) is 5.29.